The van der Waals surface area contributed by atoms with Gasteiger partial charge in [-0.25, -0.2) is 8.42 Å². The summed E-state index contributed by atoms with van der Waals surface area (Å²) < 4.78 is 28.6. The summed E-state index contributed by atoms with van der Waals surface area (Å²) in [5.41, 5.74) is 0. The predicted molar refractivity (Wildman–Crippen MR) is 96.3 cm³/mol. The van der Waals surface area contributed by atoms with Gasteiger partial charge in [-0.1, -0.05) is 0 Å². The maximum Gasteiger partial charge on any atom is 0.226 e. The third-order valence-electron chi connectivity index (χ3n) is 5.55. The Labute approximate surface area is 155 Å². The highest BCUT2D eigenvalue weighted by atomic mass is 32.2. The first-order valence-electron chi connectivity index (χ1n) is 9.50. The Morgan fingerprint density at radius 3 is 2.58 bits per heavy atom. The summed E-state index contributed by atoms with van der Waals surface area (Å²) in [5.74, 6) is -0.483. The average Bonchev–Trinajstić information content (AvgIpc) is 3.34. The minimum absolute atomic E-state index is 0.0513. The van der Waals surface area contributed by atoms with Crippen LogP contribution in [0.1, 0.15) is 19.8 Å². The second-order valence-corrected chi connectivity index (χ2v) is 9.60. The lowest BCUT2D eigenvalue weighted by Gasteiger charge is -2.27. The van der Waals surface area contributed by atoms with Crippen LogP contribution in [0, 0.1) is 11.8 Å². The number of morpholine rings is 1. The van der Waals surface area contributed by atoms with Gasteiger partial charge in [0.25, 0.3) is 0 Å². The van der Waals surface area contributed by atoms with Crippen molar-refractivity contribution in [1.82, 2.24) is 15.1 Å². The van der Waals surface area contributed by atoms with E-state index in [1.165, 1.54) is 0 Å². The molecule has 0 aromatic heterocycles. The number of nitrogens with zero attached hydrogens (tertiary/aromatic N) is 2. The normalized spacial score (nSPS) is 30.7. The number of ether oxygens (including phenoxy) is 1. The highest BCUT2D eigenvalue weighted by molar-refractivity contribution is 7.91. The van der Waals surface area contributed by atoms with Crippen molar-refractivity contribution in [2.45, 2.75) is 25.8 Å². The summed E-state index contributed by atoms with van der Waals surface area (Å²) in [5, 5.41) is 2.93. The first-order valence-corrected chi connectivity index (χ1v) is 11.3. The molecule has 0 spiro atoms. The van der Waals surface area contributed by atoms with E-state index >= 15 is 0 Å². The Hall–Kier alpha value is -1.19. The van der Waals surface area contributed by atoms with Gasteiger partial charge in [0.05, 0.1) is 36.6 Å². The molecule has 0 radical (unpaired) electrons. The summed E-state index contributed by atoms with van der Waals surface area (Å²) in [6.07, 6.45) is 1.07. The van der Waals surface area contributed by atoms with E-state index in [1.54, 1.807) is 4.90 Å². The lowest BCUT2D eigenvalue weighted by molar-refractivity contribution is -0.136. The van der Waals surface area contributed by atoms with Gasteiger partial charge >= 0.3 is 0 Å². The van der Waals surface area contributed by atoms with Gasteiger partial charge < -0.3 is 15.0 Å². The van der Waals surface area contributed by atoms with Gasteiger partial charge in [0.15, 0.2) is 9.84 Å². The van der Waals surface area contributed by atoms with Crippen LogP contribution in [0.3, 0.4) is 0 Å². The van der Waals surface area contributed by atoms with E-state index in [2.05, 4.69) is 10.2 Å². The van der Waals surface area contributed by atoms with Gasteiger partial charge in [0.2, 0.25) is 11.8 Å². The molecule has 0 bridgehead atoms. The van der Waals surface area contributed by atoms with Crippen LogP contribution in [0.25, 0.3) is 0 Å². The van der Waals surface area contributed by atoms with E-state index in [1.807, 2.05) is 6.92 Å². The fourth-order valence-electron chi connectivity index (χ4n) is 3.88. The minimum Gasteiger partial charge on any atom is -0.379 e. The molecular weight excluding hydrogens is 358 g/mol. The summed E-state index contributed by atoms with van der Waals surface area (Å²) >= 11 is 0. The van der Waals surface area contributed by atoms with E-state index in [4.69, 9.17) is 4.74 Å². The number of carbonyl (C=O) groups is 2. The van der Waals surface area contributed by atoms with Gasteiger partial charge in [-0.05, 0) is 19.8 Å². The van der Waals surface area contributed by atoms with Crippen molar-refractivity contribution in [3.8, 4) is 0 Å². The van der Waals surface area contributed by atoms with Crippen molar-refractivity contribution in [2.75, 3.05) is 57.4 Å². The van der Waals surface area contributed by atoms with Gasteiger partial charge in [-0.15, -0.1) is 0 Å². The summed E-state index contributed by atoms with van der Waals surface area (Å²) in [4.78, 5) is 28.9. The van der Waals surface area contributed by atoms with Crippen LogP contribution in [-0.4, -0.2) is 93.5 Å². The Morgan fingerprint density at radius 1 is 1.23 bits per heavy atom. The van der Waals surface area contributed by atoms with Crippen LogP contribution < -0.4 is 5.32 Å². The third-order valence-corrected chi connectivity index (χ3v) is 7.30. The molecule has 9 heteroatoms. The van der Waals surface area contributed by atoms with E-state index in [9.17, 15) is 18.0 Å². The zero-order valence-electron chi connectivity index (χ0n) is 15.4. The molecule has 2 aliphatic heterocycles. The van der Waals surface area contributed by atoms with E-state index in [-0.39, 0.29) is 41.2 Å². The zero-order chi connectivity index (χ0) is 18.7. The molecule has 0 aromatic rings. The van der Waals surface area contributed by atoms with E-state index in [0.29, 0.717) is 25.9 Å². The maximum absolute atomic E-state index is 12.7. The van der Waals surface area contributed by atoms with Crippen molar-refractivity contribution in [3.05, 3.63) is 0 Å². The molecule has 3 fully saturated rings. The smallest absolute Gasteiger partial charge is 0.226 e. The largest absolute Gasteiger partial charge is 0.379 e. The third kappa shape index (κ3) is 4.75. The zero-order valence-corrected chi connectivity index (χ0v) is 16.2. The maximum atomic E-state index is 12.7. The van der Waals surface area contributed by atoms with Crippen LogP contribution in [0.2, 0.25) is 0 Å². The number of nitrogens with one attached hydrogen (secondary N) is 1. The number of amides is 2. The number of carbonyl (C=O) groups excluding carboxylic acids is 2. The lowest BCUT2D eigenvalue weighted by atomic mass is 10.2. The lowest BCUT2D eigenvalue weighted by Crippen LogP contribution is -2.43. The first-order chi connectivity index (χ1) is 12.4. The fourth-order valence-corrected chi connectivity index (χ4v) is 5.61. The number of rotatable bonds is 7. The van der Waals surface area contributed by atoms with Gasteiger partial charge in [-0.3, -0.25) is 14.5 Å². The Morgan fingerprint density at radius 2 is 1.96 bits per heavy atom. The second kappa shape index (κ2) is 8.22. The topological polar surface area (TPSA) is 96.0 Å². The van der Waals surface area contributed by atoms with Crippen molar-refractivity contribution in [3.63, 3.8) is 0 Å². The van der Waals surface area contributed by atoms with Gasteiger partial charge in [-0.2, -0.15) is 0 Å². The minimum atomic E-state index is -3.03. The molecule has 1 aliphatic carbocycles. The highest BCUT2D eigenvalue weighted by Crippen LogP contribution is 2.41. The fraction of sp³-hybridized carbons (Fsp3) is 0.882. The number of hydrogen-bond acceptors (Lipinski definition) is 6. The molecule has 1 saturated carbocycles. The van der Waals surface area contributed by atoms with Crippen LogP contribution in [0.15, 0.2) is 0 Å². The quantitative estimate of drug-likeness (QED) is 0.609. The molecular formula is C17H29N3O5S. The van der Waals surface area contributed by atoms with Crippen molar-refractivity contribution in [1.29, 1.82) is 0 Å². The first kappa shape index (κ1) is 19.6. The standard InChI is InChI=1S/C17H29N3O5S/c1-2-20(13-3-10-26(23,24)12-13)17(22)15-11-14(15)16(21)18-4-5-19-6-8-25-9-7-19/h13-15H,2-12H2,1H3,(H,18,21). The van der Waals surface area contributed by atoms with Crippen LogP contribution in [0.5, 0.6) is 0 Å². The molecule has 1 N–H and O–H groups in total. The number of sulfone groups is 1. The molecule has 3 unspecified atom stereocenters. The molecule has 26 heavy (non-hydrogen) atoms. The Kier molecular flexibility index (Phi) is 6.19. The summed E-state index contributed by atoms with van der Waals surface area (Å²) in [6, 6.07) is -0.233. The van der Waals surface area contributed by atoms with Crippen LogP contribution in [0.4, 0.5) is 0 Å². The number of hydrogen-bond donors (Lipinski definition) is 1. The monoisotopic (exact) mass is 387 g/mol. The van der Waals surface area contributed by atoms with E-state index in [0.717, 1.165) is 32.8 Å². The van der Waals surface area contributed by atoms with E-state index < -0.39 is 9.84 Å². The second-order valence-electron chi connectivity index (χ2n) is 7.37. The van der Waals surface area contributed by atoms with Crippen LogP contribution >= 0.6 is 0 Å². The summed E-state index contributed by atoms with van der Waals surface area (Å²) in [7, 11) is -3.03. The summed E-state index contributed by atoms with van der Waals surface area (Å²) in [6.45, 7) is 6.96. The average molecular weight is 388 g/mol. The Bertz CT molecular complexity index is 632. The predicted octanol–water partition coefficient (Wildman–Crippen LogP) is -0.893. The molecule has 2 saturated heterocycles. The van der Waals surface area contributed by atoms with Crippen molar-refractivity contribution >= 4 is 21.7 Å². The van der Waals surface area contributed by atoms with Gasteiger partial charge in [0, 0.05) is 38.8 Å². The molecule has 148 valence electrons. The highest BCUT2D eigenvalue weighted by Gasteiger charge is 2.50. The molecule has 8 nitrogen and oxygen atoms in total. The van der Waals surface area contributed by atoms with Crippen LogP contribution in [-0.2, 0) is 24.2 Å². The molecule has 2 amide bonds. The molecule has 3 atom stereocenters. The Balaban J connectivity index is 1.43. The van der Waals surface area contributed by atoms with Crippen molar-refractivity contribution < 1.29 is 22.7 Å². The molecule has 0 aromatic carbocycles. The molecule has 2 heterocycles. The van der Waals surface area contributed by atoms with Gasteiger partial charge in [0.1, 0.15) is 0 Å². The van der Waals surface area contributed by atoms with Crippen molar-refractivity contribution in [2.24, 2.45) is 11.8 Å². The SMILES string of the molecule is CCN(C(=O)C1CC1C(=O)NCCN1CCOCC1)C1CCS(=O)(=O)C1. The molecule has 3 rings (SSSR count). The molecule has 3 aliphatic rings.